The fourth-order valence-corrected chi connectivity index (χ4v) is 5.32. The predicted molar refractivity (Wildman–Crippen MR) is 130 cm³/mol. The molecule has 1 N–H and O–H groups in total. The zero-order valence-corrected chi connectivity index (χ0v) is 20.0. The summed E-state index contributed by atoms with van der Waals surface area (Å²) in [5, 5.41) is 7.26. The van der Waals surface area contributed by atoms with Gasteiger partial charge in [0.15, 0.2) is 0 Å². The molecule has 0 spiro atoms. The summed E-state index contributed by atoms with van der Waals surface area (Å²) in [5.74, 6) is 0.579. The molecule has 0 bridgehead atoms. The van der Waals surface area contributed by atoms with E-state index in [1.807, 2.05) is 48.2 Å². The van der Waals surface area contributed by atoms with E-state index >= 15 is 0 Å². The number of carbonyl (C=O) groups is 2. The molecule has 8 nitrogen and oxygen atoms in total. The molecule has 182 valence electrons. The first-order valence-corrected chi connectivity index (χ1v) is 12.5. The van der Waals surface area contributed by atoms with Crippen molar-refractivity contribution in [2.24, 2.45) is 5.92 Å². The summed E-state index contributed by atoms with van der Waals surface area (Å²) in [4.78, 5) is 37.7. The third kappa shape index (κ3) is 5.11. The summed E-state index contributed by atoms with van der Waals surface area (Å²) in [6.45, 7) is 3.30. The van der Waals surface area contributed by atoms with Gasteiger partial charge in [-0.25, -0.2) is 0 Å². The molecule has 5 rings (SSSR count). The Morgan fingerprint density at radius 1 is 1.11 bits per heavy atom. The monoisotopic (exact) mass is 473 g/mol. The number of aryl methyl sites for hydroxylation is 1. The van der Waals surface area contributed by atoms with Crippen molar-refractivity contribution < 1.29 is 14.1 Å². The predicted octanol–water partition coefficient (Wildman–Crippen LogP) is 4.13. The van der Waals surface area contributed by atoms with E-state index in [4.69, 9.17) is 4.52 Å². The van der Waals surface area contributed by atoms with Crippen molar-refractivity contribution in [3.8, 4) is 11.4 Å². The van der Waals surface area contributed by atoms with Gasteiger partial charge in [0.2, 0.25) is 17.6 Å². The van der Waals surface area contributed by atoms with Gasteiger partial charge >= 0.3 is 0 Å². The van der Waals surface area contributed by atoms with Crippen molar-refractivity contribution in [1.82, 2.24) is 25.3 Å². The lowest BCUT2D eigenvalue weighted by Crippen LogP contribution is -2.47. The number of hydrogen-bond donors (Lipinski definition) is 1. The van der Waals surface area contributed by atoms with E-state index in [9.17, 15) is 9.59 Å². The van der Waals surface area contributed by atoms with Gasteiger partial charge in [-0.3, -0.25) is 14.6 Å². The van der Waals surface area contributed by atoms with Crippen LogP contribution >= 0.6 is 0 Å². The smallest absolute Gasteiger partial charge is 0.254 e. The Balaban J connectivity index is 1.44. The van der Waals surface area contributed by atoms with Crippen LogP contribution in [0.2, 0.25) is 0 Å². The molecule has 3 unspecified atom stereocenters. The fraction of sp³-hybridized carbons (Fsp3) is 0.444. The normalized spacial score (nSPS) is 23.3. The van der Waals surface area contributed by atoms with Gasteiger partial charge in [0.1, 0.15) is 0 Å². The average molecular weight is 474 g/mol. The molecular weight excluding hydrogens is 442 g/mol. The van der Waals surface area contributed by atoms with Crippen LogP contribution in [0.4, 0.5) is 0 Å². The lowest BCUT2D eigenvalue weighted by atomic mass is 9.99. The zero-order valence-electron chi connectivity index (χ0n) is 20.0. The summed E-state index contributed by atoms with van der Waals surface area (Å²) < 4.78 is 5.65. The van der Waals surface area contributed by atoms with Crippen LogP contribution in [0.15, 0.2) is 53.3 Å². The van der Waals surface area contributed by atoms with Crippen molar-refractivity contribution in [2.45, 2.75) is 57.4 Å². The van der Waals surface area contributed by atoms with E-state index in [0.717, 1.165) is 36.8 Å². The highest BCUT2D eigenvalue weighted by Crippen LogP contribution is 2.42. The molecule has 3 heterocycles. The van der Waals surface area contributed by atoms with Gasteiger partial charge in [0.05, 0.1) is 5.92 Å². The van der Waals surface area contributed by atoms with Gasteiger partial charge in [-0.1, -0.05) is 35.7 Å². The minimum absolute atomic E-state index is 0.00782. The first kappa shape index (κ1) is 23.2. The average Bonchev–Trinajstić information content (AvgIpc) is 3.53. The number of nitrogens with zero attached hydrogens (tertiary/aromatic N) is 4. The number of nitrogens with one attached hydrogen (secondary N) is 1. The number of benzene rings is 1. The van der Waals surface area contributed by atoms with E-state index in [1.165, 1.54) is 0 Å². The Hall–Kier alpha value is -3.55. The van der Waals surface area contributed by atoms with E-state index in [-0.39, 0.29) is 29.7 Å². The van der Waals surface area contributed by atoms with Crippen LogP contribution in [0.5, 0.6) is 0 Å². The summed E-state index contributed by atoms with van der Waals surface area (Å²) in [6, 6.07) is 11.2. The Morgan fingerprint density at radius 2 is 2.00 bits per heavy atom. The van der Waals surface area contributed by atoms with Crippen molar-refractivity contribution >= 4 is 11.8 Å². The lowest BCUT2D eigenvalue weighted by Gasteiger charge is -2.32. The maximum atomic E-state index is 13.7. The van der Waals surface area contributed by atoms with Crippen molar-refractivity contribution in [1.29, 1.82) is 0 Å². The van der Waals surface area contributed by atoms with E-state index in [0.29, 0.717) is 43.2 Å². The molecule has 35 heavy (non-hydrogen) atoms. The van der Waals surface area contributed by atoms with Gasteiger partial charge in [-0.05, 0) is 56.9 Å². The van der Waals surface area contributed by atoms with Crippen LogP contribution in [0, 0.1) is 12.8 Å². The first-order valence-electron chi connectivity index (χ1n) is 12.5. The molecule has 3 aromatic rings. The van der Waals surface area contributed by atoms with E-state index < -0.39 is 0 Å². The van der Waals surface area contributed by atoms with E-state index in [2.05, 4.69) is 20.4 Å². The molecule has 2 aromatic heterocycles. The topological polar surface area (TPSA) is 101 Å². The van der Waals surface area contributed by atoms with Gasteiger partial charge in [0.25, 0.3) is 5.91 Å². The SMILES string of the molecule is Cc1cccc(C(=O)N2CCCCCCNC(=O)C3CC(c4nc(-c5cccnc5)no4)CC32)c1. The third-order valence-electron chi connectivity index (χ3n) is 7.13. The first-order chi connectivity index (χ1) is 17.1. The zero-order chi connectivity index (χ0) is 24.2. The summed E-state index contributed by atoms with van der Waals surface area (Å²) in [7, 11) is 0. The quantitative estimate of drug-likeness (QED) is 0.614. The maximum absolute atomic E-state index is 13.7. The van der Waals surface area contributed by atoms with Crippen LogP contribution in [0.1, 0.15) is 66.3 Å². The van der Waals surface area contributed by atoms with Gasteiger partial charge in [-0.2, -0.15) is 4.98 Å². The molecule has 1 aliphatic heterocycles. The molecule has 1 saturated carbocycles. The number of hydrogen-bond acceptors (Lipinski definition) is 6. The number of amides is 2. The van der Waals surface area contributed by atoms with Crippen LogP contribution in [-0.2, 0) is 4.79 Å². The highest BCUT2D eigenvalue weighted by atomic mass is 16.5. The number of fused-ring (bicyclic) bond motifs is 1. The molecule has 1 aliphatic carbocycles. The minimum Gasteiger partial charge on any atom is -0.356 e. The van der Waals surface area contributed by atoms with Gasteiger partial charge in [0, 0.05) is 48.6 Å². The molecule has 0 radical (unpaired) electrons. The van der Waals surface area contributed by atoms with Crippen molar-refractivity contribution in [3.05, 3.63) is 65.8 Å². The molecule has 2 fully saturated rings. The molecule has 2 amide bonds. The minimum atomic E-state index is -0.319. The second kappa shape index (κ2) is 10.4. The molecule has 1 saturated heterocycles. The molecular formula is C27H31N5O3. The lowest BCUT2D eigenvalue weighted by molar-refractivity contribution is -0.126. The van der Waals surface area contributed by atoms with Crippen LogP contribution in [-0.4, -0.2) is 51.0 Å². The van der Waals surface area contributed by atoms with E-state index in [1.54, 1.807) is 12.4 Å². The molecule has 2 aliphatic rings. The van der Waals surface area contributed by atoms with Crippen molar-refractivity contribution in [3.63, 3.8) is 0 Å². The summed E-state index contributed by atoms with van der Waals surface area (Å²) >= 11 is 0. The Morgan fingerprint density at radius 3 is 2.83 bits per heavy atom. The number of aromatic nitrogens is 3. The number of pyridine rings is 1. The Bertz CT molecular complexity index is 1180. The largest absolute Gasteiger partial charge is 0.356 e. The van der Waals surface area contributed by atoms with Gasteiger partial charge < -0.3 is 14.7 Å². The number of carbonyl (C=O) groups excluding carboxylic acids is 2. The highest BCUT2D eigenvalue weighted by molar-refractivity contribution is 5.95. The third-order valence-corrected chi connectivity index (χ3v) is 7.13. The molecule has 3 atom stereocenters. The highest BCUT2D eigenvalue weighted by Gasteiger charge is 2.45. The number of rotatable bonds is 3. The van der Waals surface area contributed by atoms with Crippen LogP contribution in [0.3, 0.4) is 0 Å². The summed E-state index contributed by atoms with van der Waals surface area (Å²) in [6.07, 6.45) is 8.54. The Kier molecular flexibility index (Phi) is 6.88. The Labute approximate surface area is 205 Å². The maximum Gasteiger partial charge on any atom is 0.254 e. The van der Waals surface area contributed by atoms with Crippen LogP contribution in [0.25, 0.3) is 11.4 Å². The molecule has 1 aromatic carbocycles. The van der Waals surface area contributed by atoms with Crippen molar-refractivity contribution in [2.75, 3.05) is 13.1 Å². The second-order valence-corrected chi connectivity index (χ2v) is 9.61. The fourth-order valence-electron chi connectivity index (χ4n) is 5.32. The molecule has 8 heteroatoms. The summed E-state index contributed by atoms with van der Waals surface area (Å²) in [5.41, 5.74) is 2.49. The standard InChI is InChI=1S/C27H31N5O3/c1-18-8-6-9-19(14-18)27(34)32-13-5-3-2-4-12-29-25(33)22-15-21(16-23(22)32)26-30-24(31-35-26)20-10-7-11-28-17-20/h6-11,14,17,21-23H,2-5,12-13,15-16H2,1H3,(H,29,33). The second-order valence-electron chi connectivity index (χ2n) is 9.61. The van der Waals surface area contributed by atoms with Crippen LogP contribution < -0.4 is 5.32 Å². The van der Waals surface area contributed by atoms with Gasteiger partial charge in [-0.15, -0.1) is 0 Å².